The number of aryl methyl sites for hydroxylation is 1. The fraction of sp³-hybridized carbons (Fsp3) is 0.263. The summed E-state index contributed by atoms with van der Waals surface area (Å²) >= 11 is 12.2. The van der Waals surface area contributed by atoms with E-state index < -0.39 is 5.97 Å². The first kappa shape index (κ1) is 16.4. The first-order valence-corrected chi connectivity index (χ1v) is 8.78. The van der Waals surface area contributed by atoms with Crippen LogP contribution in [0, 0.1) is 0 Å². The minimum atomic E-state index is -1.08. The van der Waals surface area contributed by atoms with Gasteiger partial charge in [-0.3, -0.25) is 4.99 Å². The molecular formula is C19H15Cl2NO3. The van der Waals surface area contributed by atoms with Crippen molar-refractivity contribution in [3.05, 3.63) is 57.1 Å². The second-order valence-corrected chi connectivity index (χ2v) is 7.31. The van der Waals surface area contributed by atoms with Gasteiger partial charge in [0.2, 0.25) is 0 Å². The van der Waals surface area contributed by atoms with Crippen molar-refractivity contribution in [3.63, 3.8) is 0 Å². The molecule has 0 bridgehead atoms. The van der Waals surface area contributed by atoms with E-state index in [0.717, 1.165) is 24.3 Å². The molecule has 1 spiro atoms. The van der Waals surface area contributed by atoms with Gasteiger partial charge in [0.25, 0.3) is 0 Å². The van der Waals surface area contributed by atoms with Gasteiger partial charge in [-0.2, -0.15) is 0 Å². The van der Waals surface area contributed by atoms with Gasteiger partial charge in [0.1, 0.15) is 18.0 Å². The Bertz CT molecular complexity index is 910. The Morgan fingerprint density at radius 1 is 1.24 bits per heavy atom. The Morgan fingerprint density at radius 2 is 2.08 bits per heavy atom. The van der Waals surface area contributed by atoms with E-state index in [2.05, 4.69) is 4.99 Å². The monoisotopic (exact) mass is 375 g/mol. The average molecular weight is 376 g/mol. The van der Waals surface area contributed by atoms with Crippen LogP contribution in [-0.4, -0.2) is 23.9 Å². The van der Waals surface area contributed by atoms with Crippen LogP contribution < -0.4 is 4.74 Å². The molecule has 1 aliphatic carbocycles. The predicted octanol–water partition coefficient (Wildman–Crippen LogP) is 5.06. The van der Waals surface area contributed by atoms with E-state index >= 15 is 0 Å². The molecule has 0 radical (unpaired) electrons. The largest absolute Gasteiger partial charge is 0.490 e. The van der Waals surface area contributed by atoms with E-state index in [0.29, 0.717) is 18.0 Å². The summed E-state index contributed by atoms with van der Waals surface area (Å²) in [6.45, 7) is 0.431. The lowest BCUT2D eigenvalue weighted by Crippen LogP contribution is -2.38. The highest BCUT2D eigenvalue weighted by atomic mass is 35.5. The van der Waals surface area contributed by atoms with Crippen LogP contribution in [0.2, 0.25) is 10.0 Å². The molecule has 0 fully saturated rings. The topological polar surface area (TPSA) is 58.9 Å². The summed E-state index contributed by atoms with van der Waals surface area (Å²) in [5, 5.41) is 10.1. The predicted molar refractivity (Wildman–Crippen MR) is 98.1 cm³/mol. The molecule has 0 saturated heterocycles. The van der Waals surface area contributed by atoms with Gasteiger partial charge in [-0.05, 0) is 48.6 Å². The van der Waals surface area contributed by atoms with E-state index in [1.54, 1.807) is 0 Å². The summed E-state index contributed by atoms with van der Waals surface area (Å²) in [6.07, 6.45) is 4.80. The number of hydrogen-bond acceptors (Lipinski definition) is 3. The van der Waals surface area contributed by atoms with Gasteiger partial charge in [0, 0.05) is 17.3 Å². The lowest BCUT2D eigenvalue weighted by atomic mass is 9.71. The molecule has 2 aromatic carbocycles. The lowest BCUT2D eigenvalue weighted by Gasteiger charge is -2.35. The van der Waals surface area contributed by atoms with Gasteiger partial charge in [0.05, 0.1) is 16.0 Å². The minimum Gasteiger partial charge on any atom is -0.490 e. The van der Waals surface area contributed by atoms with Crippen molar-refractivity contribution in [2.75, 3.05) is 6.61 Å². The third-order valence-corrected chi connectivity index (χ3v) is 5.44. The fourth-order valence-electron chi connectivity index (χ4n) is 3.63. The smallest absolute Gasteiger partial charge is 0.337 e. The first-order valence-electron chi connectivity index (χ1n) is 8.02. The van der Waals surface area contributed by atoms with Crippen LogP contribution in [0.25, 0.3) is 0 Å². The maximum absolute atomic E-state index is 11.3. The number of aliphatic imine (C=N–C) groups is 1. The molecule has 1 aliphatic heterocycles. The number of rotatable bonds is 1. The number of nitrogens with zero attached hydrogens (tertiary/aromatic N) is 1. The third-order valence-electron chi connectivity index (χ3n) is 4.89. The standard InChI is InChI=1S/C19H15Cl2NO3/c20-12-3-4-14-11(6-12)2-1-5-19(14)9-22-16-7-13(18(23)24)15(21)8-17(16)25-10-19/h3-4,6-9H,1-2,5,10H2,(H,23,24). The van der Waals surface area contributed by atoms with Crippen molar-refractivity contribution >= 4 is 41.1 Å². The molecule has 1 unspecified atom stereocenters. The fourth-order valence-corrected chi connectivity index (χ4v) is 4.06. The van der Waals surface area contributed by atoms with E-state index in [1.165, 1.54) is 23.3 Å². The van der Waals surface area contributed by atoms with Crippen LogP contribution in [-0.2, 0) is 11.8 Å². The van der Waals surface area contributed by atoms with Crippen LogP contribution in [0.4, 0.5) is 5.69 Å². The molecule has 25 heavy (non-hydrogen) atoms. The van der Waals surface area contributed by atoms with Crippen LogP contribution in [0.1, 0.15) is 34.3 Å². The normalized spacial score (nSPS) is 21.2. The van der Waals surface area contributed by atoms with Crippen molar-refractivity contribution in [2.24, 2.45) is 4.99 Å². The van der Waals surface area contributed by atoms with Gasteiger partial charge in [-0.25, -0.2) is 4.79 Å². The number of halogens is 2. The minimum absolute atomic E-state index is 0.0212. The van der Waals surface area contributed by atoms with E-state index in [9.17, 15) is 9.90 Å². The maximum Gasteiger partial charge on any atom is 0.337 e. The molecule has 4 rings (SSSR count). The number of fused-ring (bicyclic) bond motifs is 3. The Kier molecular flexibility index (Phi) is 3.97. The molecule has 4 nitrogen and oxygen atoms in total. The number of aromatic carboxylic acids is 1. The molecular weight excluding hydrogens is 361 g/mol. The van der Waals surface area contributed by atoms with E-state index in [1.807, 2.05) is 24.4 Å². The summed E-state index contributed by atoms with van der Waals surface area (Å²) in [7, 11) is 0. The second kappa shape index (κ2) is 6.04. The molecule has 0 saturated carbocycles. The van der Waals surface area contributed by atoms with Crippen molar-refractivity contribution in [2.45, 2.75) is 24.7 Å². The lowest BCUT2D eigenvalue weighted by molar-refractivity contribution is 0.0697. The second-order valence-electron chi connectivity index (χ2n) is 6.46. The zero-order valence-corrected chi connectivity index (χ0v) is 14.8. The molecule has 2 aliphatic rings. The van der Waals surface area contributed by atoms with Crippen molar-refractivity contribution in [1.29, 1.82) is 0 Å². The molecule has 0 amide bonds. The van der Waals surface area contributed by atoms with E-state index in [-0.39, 0.29) is 16.0 Å². The highest BCUT2D eigenvalue weighted by Gasteiger charge is 2.37. The van der Waals surface area contributed by atoms with Crippen LogP contribution in [0.3, 0.4) is 0 Å². The zero-order chi connectivity index (χ0) is 17.6. The Labute approximate surface area is 155 Å². The molecule has 1 atom stereocenters. The van der Waals surface area contributed by atoms with Gasteiger partial charge in [-0.1, -0.05) is 29.3 Å². The quantitative estimate of drug-likeness (QED) is 0.757. The molecule has 0 aromatic heterocycles. The van der Waals surface area contributed by atoms with Crippen LogP contribution >= 0.6 is 23.2 Å². The van der Waals surface area contributed by atoms with Crippen LogP contribution in [0.5, 0.6) is 5.75 Å². The molecule has 2 aromatic rings. The molecule has 128 valence electrons. The molecule has 1 heterocycles. The summed E-state index contributed by atoms with van der Waals surface area (Å²) in [5.74, 6) is -0.580. The average Bonchev–Trinajstić information content (AvgIpc) is 2.74. The highest BCUT2D eigenvalue weighted by molar-refractivity contribution is 6.33. The highest BCUT2D eigenvalue weighted by Crippen LogP contribution is 2.42. The molecule has 6 heteroatoms. The van der Waals surface area contributed by atoms with Crippen molar-refractivity contribution in [1.82, 2.24) is 0 Å². The SMILES string of the molecule is O=C(O)c1cc2c(cc1Cl)OCC1(C=N2)CCCc2cc(Cl)ccc21. The first-order chi connectivity index (χ1) is 12.0. The summed E-state index contributed by atoms with van der Waals surface area (Å²) in [6, 6.07) is 8.92. The number of benzene rings is 2. The van der Waals surface area contributed by atoms with Crippen LogP contribution in [0.15, 0.2) is 35.3 Å². The number of carboxylic acid groups (broad SMARTS) is 1. The summed E-state index contributed by atoms with van der Waals surface area (Å²) in [4.78, 5) is 15.9. The maximum atomic E-state index is 11.3. The van der Waals surface area contributed by atoms with Gasteiger partial charge in [-0.15, -0.1) is 0 Å². The number of carbonyl (C=O) groups is 1. The van der Waals surface area contributed by atoms with Gasteiger partial charge in [0.15, 0.2) is 0 Å². The Balaban J connectivity index is 1.79. The van der Waals surface area contributed by atoms with Gasteiger partial charge < -0.3 is 9.84 Å². The summed E-state index contributed by atoms with van der Waals surface area (Å²) in [5.41, 5.74) is 2.55. The van der Waals surface area contributed by atoms with Gasteiger partial charge >= 0.3 is 5.97 Å². The zero-order valence-electron chi connectivity index (χ0n) is 13.3. The Hall–Kier alpha value is -2.04. The van der Waals surface area contributed by atoms with E-state index in [4.69, 9.17) is 27.9 Å². The number of ether oxygens (including phenoxy) is 1. The summed E-state index contributed by atoms with van der Waals surface area (Å²) < 4.78 is 6.01. The van der Waals surface area contributed by atoms with Crippen molar-refractivity contribution < 1.29 is 14.6 Å². The third kappa shape index (κ3) is 2.79. The molecule has 1 N–H and O–H groups in total. The Morgan fingerprint density at radius 3 is 2.88 bits per heavy atom. The number of carboxylic acids is 1. The number of hydrogen-bond donors (Lipinski definition) is 1. The van der Waals surface area contributed by atoms with Crippen molar-refractivity contribution in [3.8, 4) is 5.75 Å².